The third-order valence-corrected chi connectivity index (χ3v) is 3.56. The first-order chi connectivity index (χ1) is 11.0. The highest BCUT2D eigenvalue weighted by molar-refractivity contribution is 5.84. The van der Waals surface area contributed by atoms with E-state index in [-0.39, 0.29) is 19.0 Å². The molecule has 0 unspecified atom stereocenters. The number of carbonyl (C=O) groups is 2. The van der Waals surface area contributed by atoms with Gasteiger partial charge in [0.1, 0.15) is 5.75 Å². The fraction of sp³-hybridized carbons (Fsp3) is 0.294. The lowest BCUT2D eigenvalue weighted by Crippen LogP contribution is -2.37. The van der Waals surface area contributed by atoms with Crippen LogP contribution in [-0.4, -0.2) is 42.7 Å². The molecule has 0 fully saturated rings. The molecule has 0 radical (unpaired) electrons. The van der Waals surface area contributed by atoms with Crippen molar-refractivity contribution in [3.63, 3.8) is 0 Å². The molecule has 6 nitrogen and oxygen atoms in total. The largest absolute Gasteiger partial charge is 0.497 e. The molecule has 0 aliphatic heterocycles. The maximum absolute atomic E-state index is 11.9. The van der Waals surface area contributed by atoms with Gasteiger partial charge in [-0.15, -0.1) is 0 Å². The zero-order chi connectivity index (χ0) is 16.8. The highest BCUT2D eigenvalue weighted by atomic mass is 16.5. The Kier molecular flexibility index (Phi) is 5.41. The Morgan fingerprint density at radius 1 is 1.17 bits per heavy atom. The summed E-state index contributed by atoms with van der Waals surface area (Å²) in [6.07, 6.45) is -0.0677. The van der Waals surface area contributed by atoms with Gasteiger partial charge in [-0.3, -0.25) is 4.79 Å². The van der Waals surface area contributed by atoms with E-state index in [0.717, 1.165) is 22.1 Å². The molecule has 0 aromatic heterocycles. The summed E-state index contributed by atoms with van der Waals surface area (Å²) in [7, 11) is 3.21. The van der Waals surface area contributed by atoms with E-state index in [9.17, 15) is 9.59 Å². The Morgan fingerprint density at radius 3 is 2.57 bits per heavy atom. The van der Waals surface area contributed by atoms with Crippen LogP contribution in [0.3, 0.4) is 0 Å². The number of benzene rings is 2. The van der Waals surface area contributed by atoms with Crippen molar-refractivity contribution >= 4 is 22.8 Å². The molecular formula is C17H20N2O4. The van der Waals surface area contributed by atoms with E-state index >= 15 is 0 Å². The number of nitrogens with one attached hydrogen (secondary N) is 1. The summed E-state index contributed by atoms with van der Waals surface area (Å²) in [5.41, 5.74) is 0.975. The first-order valence-corrected chi connectivity index (χ1v) is 7.27. The predicted molar refractivity (Wildman–Crippen MR) is 87.6 cm³/mol. The molecule has 0 bridgehead atoms. The van der Waals surface area contributed by atoms with Gasteiger partial charge in [0.15, 0.2) is 0 Å². The van der Waals surface area contributed by atoms with Gasteiger partial charge in [-0.1, -0.05) is 18.2 Å². The number of carbonyl (C=O) groups excluding carboxylic acids is 1. The number of methoxy groups -OCH3 is 1. The molecule has 2 amide bonds. The van der Waals surface area contributed by atoms with Crippen LogP contribution in [0.5, 0.6) is 5.75 Å². The minimum absolute atomic E-state index is 0.0677. The van der Waals surface area contributed by atoms with E-state index < -0.39 is 5.97 Å². The molecule has 2 rings (SSSR count). The van der Waals surface area contributed by atoms with Crippen LogP contribution in [0, 0.1) is 0 Å². The first-order valence-electron chi connectivity index (χ1n) is 7.27. The number of carboxylic acids is 1. The van der Waals surface area contributed by atoms with Crippen molar-refractivity contribution in [1.82, 2.24) is 10.2 Å². The number of hydrogen-bond donors (Lipinski definition) is 2. The lowest BCUT2D eigenvalue weighted by atomic mass is 10.1. The molecule has 23 heavy (non-hydrogen) atoms. The number of carboxylic acid groups (broad SMARTS) is 1. The summed E-state index contributed by atoms with van der Waals surface area (Å²) in [6.45, 7) is 0.566. The van der Waals surface area contributed by atoms with Crippen LogP contribution in [0.25, 0.3) is 10.8 Å². The number of aliphatic carboxylic acids is 1. The van der Waals surface area contributed by atoms with E-state index in [1.807, 2.05) is 36.4 Å². The average Bonchev–Trinajstić information content (AvgIpc) is 2.56. The lowest BCUT2D eigenvalue weighted by molar-refractivity contribution is -0.137. The van der Waals surface area contributed by atoms with Crippen LogP contribution < -0.4 is 10.1 Å². The van der Waals surface area contributed by atoms with E-state index in [2.05, 4.69) is 5.32 Å². The van der Waals surface area contributed by atoms with Crippen molar-refractivity contribution in [1.29, 1.82) is 0 Å². The predicted octanol–water partition coefficient (Wildman–Crippen LogP) is 2.46. The van der Waals surface area contributed by atoms with Crippen molar-refractivity contribution in [2.24, 2.45) is 0 Å². The molecule has 2 aromatic carbocycles. The maximum Gasteiger partial charge on any atom is 0.317 e. The van der Waals surface area contributed by atoms with Crippen LogP contribution in [-0.2, 0) is 11.3 Å². The summed E-state index contributed by atoms with van der Waals surface area (Å²) >= 11 is 0. The molecule has 0 heterocycles. The zero-order valence-corrected chi connectivity index (χ0v) is 13.2. The van der Waals surface area contributed by atoms with Gasteiger partial charge in [0.05, 0.1) is 13.5 Å². The number of amides is 2. The van der Waals surface area contributed by atoms with Crippen LogP contribution >= 0.6 is 0 Å². The molecule has 6 heteroatoms. The van der Waals surface area contributed by atoms with Gasteiger partial charge < -0.3 is 20.1 Å². The Labute approximate surface area is 134 Å². The summed E-state index contributed by atoms with van der Waals surface area (Å²) in [6, 6.07) is 11.5. The second kappa shape index (κ2) is 7.49. The SMILES string of the molecule is COc1ccc2cc(CNC(=O)N(C)CCC(=O)O)ccc2c1. The van der Waals surface area contributed by atoms with Crippen molar-refractivity contribution in [2.75, 3.05) is 20.7 Å². The van der Waals surface area contributed by atoms with Crippen LogP contribution in [0.2, 0.25) is 0 Å². The van der Waals surface area contributed by atoms with Gasteiger partial charge in [0.25, 0.3) is 0 Å². The molecule has 0 saturated carbocycles. The number of rotatable bonds is 6. The molecule has 0 spiro atoms. The van der Waals surface area contributed by atoms with Crippen LogP contribution in [0.1, 0.15) is 12.0 Å². The summed E-state index contributed by atoms with van der Waals surface area (Å²) < 4.78 is 5.19. The quantitative estimate of drug-likeness (QED) is 0.858. The van der Waals surface area contributed by atoms with Crippen molar-refractivity contribution < 1.29 is 19.4 Å². The monoisotopic (exact) mass is 316 g/mol. The zero-order valence-electron chi connectivity index (χ0n) is 13.2. The van der Waals surface area contributed by atoms with Crippen molar-refractivity contribution in [2.45, 2.75) is 13.0 Å². The molecular weight excluding hydrogens is 296 g/mol. The number of hydrogen-bond acceptors (Lipinski definition) is 3. The molecule has 0 saturated heterocycles. The molecule has 0 aliphatic rings. The number of ether oxygens (including phenoxy) is 1. The summed E-state index contributed by atoms with van der Waals surface area (Å²) in [4.78, 5) is 23.8. The third-order valence-electron chi connectivity index (χ3n) is 3.56. The maximum atomic E-state index is 11.9. The van der Waals surface area contributed by atoms with E-state index in [4.69, 9.17) is 9.84 Å². The fourth-order valence-electron chi connectivity index (χ4n) is 2.19. The van der Waals surface area contributed by atoms with E-state index in [0.29, 0.717) is 6.54 Å². The molecule has 0 aliphatic carbocycles. The van der Waals surface area contributed by atoms with Gasteiger partial charge in [-0.05, 0) is 34.5 Å². The number of urea groups is 1. The van der Waals surface area contributed by atoms with Crippen LogP contribution in [0.15, 0.2) is 36.4 Å². The van der Waals surface area contributed by atoms with Gasteiger partial charge in [0, 0.05) is 20.1 Å². The molecule has 122 valence electrons. The van der Waals surface area contributed by atoms with E-state index in [1.54, 1.807) is 14.2 Å². The molecule has 2 N–H and O–H groups in total. The second-order valence-electron chi connectivity index (χ2n) is 5.27. The number of nitrogens with zero attached hydrogens (tertiary/aromatic N) is 1. The van der Waals surface area contributed by atoms with Crippen molar-refractivity contribution in [3.05, 3.63) is 42.0 Å². The number of fused-ring (bicyclic) bond motifs is 1. The van der Waals surface area contributed by atoms with Gasteiger partial charge in [-0.2, -0.15) is 0 Å². The second-order valence-corrected chi connectivity index (χ2v) is 5.27. The topological polar surface area (TPSA) is 78.9 Å². The van der Waals surface area contributed by atoms with Crippen molar-refractivity contribution in [3.8, 4) is 5.75 Å². The smallest absolute Gasteiger partial charge is 0.317 e. The minimum Gasteiger partial charge on any atom is -0.497 e. The Morgan fingerprint density at radius 2 is 1.87 bits per heavy atom. The van der Waals surface area contributed by atoms with Crippen LogP contribution in [0.4, 0.5) is 4.79 Å². The van der Waals surface area contributed by atoms with E-state index in [1.165, 1.54) is 4.90 Å². The standard InChI is InChI=1S/C17H20N2O4/c1-19(8-7-16(20)21)17(22)18-11-12-3-4-14-10-15(23-2)6-5-13(14)9-12/h3-6,9-10H,7-8,11H2,1-2H3,(H,18,22)(H,20,21). The Bertz CT molecular complexity index is 715. The average molecular weight is 316 g/mol. The third kappa shape index (κ3) is 4.60. The van der Waals surface area contributed by atoms with Gasteiger partial charge in [-0.25, -0.2) is 4.79 Å². The minimum atomic E-state index is -0.922. The first kappa shape index (κ1) is 16.6. The van der Waals surface area contributed by atoms with Gasteiger partial charge >= 0.3 is 12.0 Å². The highest BCUT2D eigenvalue weighted by Gasteiger charge is 2.09. The normalized spacial score (nSPS) is 10.3. The van der Waals surface area contributed by atoms with Gasteiger partial charge in [0.2, 0.25) is 0 Å². The summed E-state index contributed by atoms with van der Waals surface area (Å²) in [5.74, 6) is -0.117. The highest BCUT2D eigenvalue weighted by Crippen LogP contribution is 2.21. The molecule has 2 aromatic rings. The Hall–Kier alpha value is -2.76. The molecule has 0 atom stereocenters. The summed E-state index contributed by atoms with van der Waals surface area (Å²) in [5, 5.41) is 13.5. The lowest BCUT2D eigenvalue weighted by Gasteiger charge is -2.17. The fourth-order valence-corrected chi connectivity index (χ4v) is 2.19. The Balaban J connectivity index is 1.96.